The molecule has 1 aliphatic rings. The molecule has 0 spiro atoms. The molecule has 1 rings (SSSR count). The molecule has 1 amide bonds. The lowest BCUT2D eigenvalue weighted by Gasteiger charge is -2.22. The molecule has 0 aromatic rings. The van der Waals surface area contributed by atoms with E-state index in [-0.39, 0.29) is 11.4 Å². The average molecular weight is 268 g/mol. The Hall–Kier alpha value is -0.570. The molecule has 0 atom stereocenters. The number of amides is 1. The van der Waals surface area contributed by atoms with Gasteiger partial charge in [0.25, 0.3) is 0 Å². The van der Waals surface area contributed by atoms with Crippen LogP contribution in [0, 0.1) is 5.92 Å². The zero-order valence-electron chi connectivity index (χ0n) is 12.8. The summed E-state index contributed by atoms with van der Waals surface area (Å²) >= 11 is 0. The van der Waals surface area contributed by atoms with Gasteiger partial charge in [-0.2, -0.15) is 0 Å². The van der Waals surface area contributed by atoms with Crippen molar-refractivity contribution in [2.24, 2.45) is 11.7 Å². The highest BCUT2D eigenvalue weighted by Crippen LogP contribution is 2.29. The first-order chi connectivity index (χ1) is 9.02. The van der Waals surface area contributed by atoms with Crippen molar-refractivity contribution in [2.75, 3.05) is 6.54 Å². The molecule has 19 heavy (non-hydrogen) atoms. The van der Waals surface area contributed by atoms with Crippen molar-refractivity contribution in [2.45, 2.75) is 83.6 Å². The van der Waals surface area contributed by atoms with Gasteiger partial charge in [-0.25, -0.2) is 0 Å². The van der Waals surface area contributed by atoms with Gasteiger partial charge in [0.2, 0.25) is 5.91 Å². The maximum absolute atomic E-state index is 11.8. The molecule has 3 nitrogen and oxygen atoms in total. The molecule has 0 aliphatic heterocycles. The van der Waals surface area contributed by atoms with Gasteiger partial charge in [0.15, 0.2) is 0 Å². The molecular formula is C16H32N2O. The number of hydrogen-bond donors (Lipinski definition) is 2. The lowest BCUT2D eigenvalue weighted by Crippen LogP contribution is -2.42. The minimum Gasteiger partial charge on any atom is -0.356 e. The summed E-state index contributed by atoms with van der Waals surface area (Å²) < 4.78 is 0. The van der Waals surface area contributed by atoms with E-state index in [9.17, 15) is 4.79 Å². The van der Waals surface area contributed by atoms with E-state index in [0.717, 1.165) is 31.7 Å². The summed E-state index contributed by atoms with van der Waals surface area (Å²) in [5.41, 5.74) is 5.99. The fraction of sp³-hybridized carbons (Fsp3) is 0.938. The SMILES string of the molecule is CC(C)CCCCCCNC(=O)CC1(N)CCCC1. The first-order valence-electron chi connectivity index (χ1n) is 8.07. The van der Waals surface area contributed by atoms with E-state index >= 15 is 0 Å². The number of nitrogens with one attached hydrogen (secondary N) is 1. The molecule has 0 aromatic carbocycles. The highest BCUT2D eigenvalue weighted by molar-refractivity contribution is 5.77. The summed E-state index contributed by atoms with van der Waals surface area (Å²) in [6, 6.07) is 0. The van der Waals surface area contributed by atoms with E-state index in [2.05, 4.69) is 19.2 Å². The van der Waals surface area contributed by atoms with Crippen LogP contribution in [0.25, 0.3) is 0 Å². The molecule has 1 aliphatic carbocycles. The second-order valence-corrected chi connectivity index (χ2v) is 6.69. The summed E-state index contributed by atoms with van der Waals surface area (Å²) in [5, 5.41) is 3.02. The standard InChI is InChI=1S/C16H32N2O/c1-14(2)9-5-3-4-8-12-18-15(19)13-16(17)10-6-7-11-16/h14H,3-13,17H2,1-2H3,(H,18,19). The molecule has 0 heterocycles. The van der Waals surface area contributed by atoms with Crippen LogP contribution in [-0.4, -0.2) is 18.0 Å². The van der Waals surface area contributed by atoms with Crippen molar-refractivity contribution in [3.63, 3.8) is 0 Å². The topological polar surface area (TPSA) is 55.1 Å². The van der Waals surface area contributed by atoms with E-state index in [0.29, 0.717) is 6.42 Å². The Kier molecular flexibility index (Phi) is 7.44. The van der Waals surface area contributed by atoms with Crippen LogP contribution in [0.1, 0.15) is 78.1 Å². The number of carbonyl (C=O) groups is 1. The first kappa shape index (κ1) is 16.5. The van der Waals surface area contributed by atoms with Crippen molar-refractivity contribution in [1.82, 2.24) is 5.32 Å². The second-order valence-electron chi connectivity index (χ2n) is 6.69. The Morgan fingerprint density at radius 2 is 1.79 bits per heavy atom. The number of rotatable bonds is 9. The van der Waals surface area contributed by atoms with Crippen LogP contribution < -0.4 is 11.1 Å². The lowest BCUT2D eigenvalue weighted by atomic mass is 9.94. The minimum atomic E-state index is -0.207. The van der Waals surface area contributed by atoms with Gasteiger partial charge in [-0.15, -0.1) is 0 Å². The van der Waals surface area contributed by atoms with Gasteiger partial charge in [-0.3, -0.25) is 4.79 Å². The van der Waals surface area contributed by atoms with Gasteiger partial charge in [-0.1, -0.05) is 52.4 Å². The van der Waals surface area contributed by atoms with Crippen molar-refractivity contribution >= 4 is 5.91 Å². The number of nitrogens with two attached hydrogens (primary N) is 1. The van der Waals surface area contributed by atoms with Crippen LogP contribution in [0.4, 0.5) is 0 Å². The molecule has 0 aromatic heterocycles. The highest BCUT2D eigenvalue weighted by Gasteiger charge is 2.31. The van der Waals surface area contributed by atoms with Crippen LogP contribution in [0.3, 0.4) is 0 Å². The predicted octanol–water partition coefficient (Wildman–Crippen LogP) is 3.37. The third-order valence-electron chi connectivity index (χ3n) is 4.14. The average Bonchev–Trinajstić information content (AvgIpc) is 2.74. The van der Waals surface area contributed by atoms with Crippen LogP contribution in [0.15, 0.2) is 0 Å². The lowest BCUT2D eigenvalue weighted by molar-refractivity contribution is -0.122. The highest BCUT2D eigenvalue weighted by atomic mass is 16.1. The Balaban J connectivity index is 1.95. The van der Waals surface area contributed by atoms with Gasteiger partial charge in [-0.05, 0) is 25.2 Å². The van der Waals surface area contributed by atoms with Crippen molar-refractivity contribution in [1.29, 1.82) is 0 Å². The quantitative estimate of drug-likeness (QED) is 0.630. The van der Waals surface area contributed by atoms with E-state index in [1.54, 1.807) is 0 Å². The summed E-state index contributed by atoms with van der Waals surface area (Å²) in [6.07, 6.45) is 11.1. The molecule has 0 saturated heterocycles. The van der Waals surface area contributed by atoms with Gasteiger partial charge in [0, 0.05) is 18.5 Å². The van der Waals surface area contributed by atoms with Crippen LogP contribution >= 0.6 is 0 Å². The van der Waals surface area contributed by atoms with Crippen molar-refractivity contribution in [3.05, 3.63) is 0 Å². The van der Waals surface area contributed by atoms with Crippen LogP contribution in [0.2, 0.25) is 0 Å². The maximum Gasteiger partial charge on any atom is 0.221 e. The van der Waals surface area contributed by atoms with Crippen molar-refractivity contribution in [3.8, 4) is 0 Å². The number of unbranched alkanes of at least 4 members (excludes halogenated alkanes) is 3. The molecule has 1 fully saturated rings. The zero-order valence-corrected chi connectivity index (χ0v) is 12.8. The second kappa shape index (κ2) is 8.57. The van der Waals surface area contributed by atoms with Crippen LogP contribution in [-0.2, 0) is 4.79 Å². The van der Waals surface area contributed by atoms with Gasteiger partial charge in [0.1, 0.15) is 0 Å². The molecule has 0 radical (unpaired) electrons. The predicted molar refractivity (Wildman–Crippen MR) is 80.9 cm³/mol. The Bertz CT molecular complexity index is 257. The van der Waals surface area contributed by atoms with Gasteiger partial charge < -0.3 is 11.1 Å². The fourth-order valence-corrected chi connectivity index (χ4v) is 2.90. The molecule has 112 valence electrons. The Labute approximate surface area is 118 Å². The molecular weight excluding hydrogens is 236 g/mol. The Morgan fingerprint density at radius 3 is 2.42 bits per heavy atom. The molecule has 1 saturated carbocycles. The molecule has 0 bridgehead atoms. The molecule has 3 N–H and O–H groups in total. The van der Waals surface area contributed by atoms with Gasteiger partial charge >= 0.3 is 0 Å². The summed E-state index contributed by atoms with van der Waals surface area (Å²) in [6.45, 7) is 5.36. The summed E-state index contributed by atoms with van der Waals surface area (Å²) in [7, 11) is 0. The summed E-state index contributed by atoms with van der Waals surface area (Å²) in [4.78, 5) is 11.8. The van der Waals surface area contributed by atoms with Crippen LogP contribution in [0.5, 0.6) is 0 Å². The normalized spacial score (nSPS) is 17.9. The minimum absolute atomic E-state index is 0.145. The maximum atomic E-state index is 11.8. The number of hydrogen-bond acceptors (Lipinski definition) is 2. The van der Waals surface area contributed by atoms with E-state index in [1.807, 2.05) is 0 Å². The Morgan fingerprint density at radius 1 is 1.16 bits per heavy atom. The monoisotopic (exact) mass is 268 g/mol. The summed E-state index contributed by atoms with van der Waals surface area (Å²) in [5.74, 6) is 0.957. The third kappa shape index (κ3) is 7.56. The van der Waals surface area contributed by atoms with E-state index in [1.165, 1.54) is 38.5 Å². The van der Waals surface area contributed by atoms with Gasteiger partial charge in [0.05, 0.1) is 0 Å². The fourth-order valence-electron chi connectivity index (χ4n) is 2.90. The van der Waals surface area contributed by atoms with E-state index in [4.69, 9.17) is 5.73 Å². The largest absolute Gasteiger partial charge is 0.356 e. The number of carbonyl (C=O) groups excluding carboxylic acids is 1. The first-order valence-corrected chi connectivity index (χ1v) is 8.07. The molecule has 3 heteroatoms. The third-order valence-corrected chi connectivity index (χ3v) is 4.14. The zero-order chi connectivity index (χ0) is 14.1. The molecule has 0 unspecified atom stereocenters. The smallest absolute Gasteiger partial charge is 0.221 e. The van der Waals surface area contributed by atoms with E-state index < -0.39 is 0 Å². The van der Waals surface area contributed by atoms with Crippen molar-refractivity contribution < 1.29 is 4.79 Å².